The van der Waals surface area contributed by atoms with Crippen LogP contribution in [0.15, 0.2) is 24.3 Å². The van der Waals surface area contributed by atoms with Crippen molar-refractivity contribution >= 4 is 5.97 Å². The predicted molar refractivity (Wildman–Crippen MR) is 85.9 cm³/mol. The number of esters is 1. The molecule has 1 heterocycles. The average molecular weight is 316 g/mol. The first-order valence-electron chi connectivity index (χ1n) is 8.08. The van der Waals surface area contributed by atoms with Gasteiger partial charge in [0.15, 0.2) is 5.69 Å². The van der Waals surface area contributed by atoms with Crippen molar-refractivity contribution in [3.63, 3.8) is 0 Å². The Balaban J connectivity index is 2.20. The Bertz CT molecular complexity index is 715. The van der Waals surface area contributed by atoms with Gasteiger partial charge in [-0.05, 0) is 57.9 Å². The lowest BCUT2D eigenvalue weighted by Crippen LogP contribution is -2.10. The zero-order valence-electron chi connectivity index (χ0n) is 13.7. The van der Waals surface area contributed by atoms with Gasteiger partial charge in [-0.1, -0.05) is 0 Å². The van der Waals surface area contributed by atoms with Crippen LogP contribution >= 0.6 is 0 Å². The number of hydrogen-bond donors (Lipinski definition) is 0. The number of benzene rings is 1. The van der Waals surface area contributed by atoms with Crippen LogP contribution < -0.4 is 0 Å². The minimum atomic E-state index is -0.423. The van der Waals surface area contributed by atoms with Gasteiger partial charge in [-0.2, -0.15) is 0 Å². The molecule has 1 aliphatic rings. The fourth-order valence-corrected chi connectivity index (χ4v) is 2.83. The van der Waals surface area contributed by atoms with Crippen molar-refractivity contribution in [2.24, 2.45) is 0 Å². The largest absolute Gasteiger partial charge is 0.461 e. The molecule has 1 fully saturated rings. The summed E-state index contributed by atoms with van der Waals surface area (Å²) in [4.78, 5) is 17.0. The molecule has 0 radical (unpaired) electrons. The summed E-state index contributed by atoms with van der Waals surface area (Å²) < 4.78 is 20.5. The van der Waals surface area contributed by atoms with Crippen LogP contribution in [-0.2, 0) is 4.74 Å². The molecule has 0 unspecified atom stereocenters. The molecular weight excluding hydrogens is 295 g/mol. The second kappa shape index (κ2) is 6.14. The monoisotopic (exact) mass is 316 g/mol. The number of rotatable bonds is 5. The molecule has 122 valence electrons. The number of nitrogens with zero attached hydrogens (tertiary/aromatic N) is 2. The normalized spacial score (nSPS) is 14.3. The number of halogens is 1. The van der Waals surface area contributed by atoms with Crippen LogP contribution in [0, 0.1) is 5.82 Å². The Labute approximate surface area is 135 Å². The Morgan fingerprint density at radius 1 is 1.35 bits per heavy atom. The summed E-state index contributed by atoms with van der Waals surface area (Å²) in [5, 5.41) is 0. The number of aromatic nitrogens is 2. The number of carbonyl (C=O) groups is 1. The van der Waals surface area contributed by atoms with Crippen molar-refractivity contribution in [3.8, 4) is 11.3 Å². The Hall–Kier alpha value is -2.17. The Morgan fingerprint density at radius 3 is 2.52 bits per heavy atom. The molecule has 5 heteroatoms. The lowest BCUT2D eigenvalue weighted by atomic mass is 10.1. The van der Waals surface area contributed by atoms with E-state index in [9.17, 15) is 9.18 Å². The highest BCUT2D eigenvalue weighted by molar-refractivity contribution is 5.94. The number of carbonyl (C=O) groups excluding carboxylic acids is 1. The van der Waals surface area contributed by atoms with Crippen molar-refractivity contribution < 1.29 is 13.9 Å². The maximum absolute atomic E-state index is 13.3. The summed E-state index contributed by atoms with van der Waals surface area (Å²) >= 11 is 0. The summed E-state index contributed by atoms with van der Waals surface area (Å²) in [6, 6.07) is 6.33. The van der Waals surface area contributed by atoms with E-state index in [-0.39, 0.29) is 11.9 Å². The van der Waals surface area contributed by atoms with Crippen molar-refractivity contribution in [2.75, 3.05) is 6.61 Å². The lowest BCUT2D eigenvalue weighted by molar-refractivity contribution is 0.0521. The van der Waals surface area contributed by atoms with Crippen LogP contribution in [0.4, 0.5) is 4.39 Å². The van der Waals surface area contributed by atoms with E-state index in [1.165, 1.54) is 12.1 Å². The maximum Gasteiger partial charge on any atom is 0.359 e. The standard InChI is InChI=1S/C18H21FN2O2/c1-4-23-18(22)15-16(12-7-9-14(19)10-8-12)21(11(2)3)17(20-15)13-5-6-13/h7-11,13H,4-6H2,1-3H3. The molecule has 0 amide bonds. The quantitative estimate of drug-likeness (QED) is 0.771. The molecule has 1 aromatic heterocycles. The van der Waals surface area contributed by atoms with E-state index in [0.717, 1.165) is 29.9 Å². The van der Waals surface area contributed by atoms with E-state index in [0.29, 0.717) is 18.2 Å². The van der Waals surface area contributed by atoms with E-state index in [4.69, 9.17) is 4.74 Å². The van der Waals surface area contributed by atoms with Crippen molar-refractivity contribution in [3.05, 3.63) is 41.6 Å². The molecular formula is C18H21FN2O2. The average Bonchev–Trinajstić information content (AvgIpc) is 3.27. The minimum Gasteiger partial charge on any atom is -0.461 e. The van der Waals surface area contributed by atoms with Crippen LogP contribution in [0.2, 0.25) is 0 Å². The first kappa shape index (κ1) is 15.7. The lowest BCUT2D eigenvalue weighted by Gasteiger charge is -2.16. The van der Waals surface area contributed by atoms with Crippen LogP contribution in [-0.4, -0.2) is 22.1 Å². The molecule has 1 aliphatic carbocycles. The summed E-state index contributed by atoms with van der Waals surface area (Å²) in [6.45, 7) is 6.21. The fourth-order valence-electron chi connectivity index (χ4n) is 2.83. The number of hydrogen-bond acceptors (Lipinski definition) is 3. The molecule has 0 spiro atoms. The predicted octanol–water partition coefficient (Wildman–Crippen LogP) is 4.32. The van der Waals surface area contributed by atoms with E-state index < -0.39 is 5.97 Å². The second-order valence-electron chi connectivity index (χ2n) is 6.13. The Kier molecular flexibility index (Phi) is 4.20. The van der Waals surface area contributed by atoms with Crippen LogP contribution in [0.1, 0.15) is 61.9 Å². The molecule has 0 saturated heterocycles. The van der Waals surface area contributed by atoms with Gasteiger partial charge < -0.3 is 9.30 Å². The summed E-state index contributed by atoms with van der Waals surface area (Å²) in [5.74, 6) is 0.611. The zero-order chi connectivity index (χ0) is 16.6. The van der Waals surface area contributed by atoms with Gasteiger partial charge in [0, 0.05) is 17.5 Å². The van der Waals surface area contributed by atoms with Crippen molar-refractivity contribution in [1.82, 2.24) is 9.55 Å². The number of imidazole rings is 1. The van der Waals surface area contributed by atoms with Gasteiger partial charge in [0.1, 0.15) is 11.6 Å². The third-order valence-corrected chi connectivity index (χ3v) is 3.98. The van der Waals surface area contributed by atoms with Crippen LogP contribution in [0.5, 0.6) is 0 Å². The highest BCUT2D eigenvalue weighted by Crippen LogP contribution is 2.43. The molecule has 2 aromatic rings. The third kappa shape index (κ3) is 3.00. The highest BCUT2D eigenvalue weighted by Gasteiger charge is 2.34. The zero-order valence-corrected chi connectivity index (χ0v) is 13.7. The molecule has 0 atom stereocenters. The van der Waals surface area contributed by atoms with Gasteiger partial charge in [-0.25, -0.2) is 14.2 Å². The van der Waals surface area contributed by atoms with Crippen LogP contribution in [0.3, 0.4) is 0 Å². The van der Waals surface area contributed by atoms with Gasteiger partial charge >= 0.3 is 5.97 Å². The first-order valence-corrected chi connectivity index (χ1v) is 8.08. The molecule has 3 rings (SSSR count). The summed E-state index contributed by atoms with van der Waals surface area (Å²) in [6.07, 6.45) is 2.18. The van der Waals surface area contributed by atoms with Gasteiger partial charge in [-0.15, -0.1) is 0 Å². The molecule has 1 saturated carbocycles. The molecule has 0 bridgehead atoms. The van der Waals surface area contributed by atoms with E-state index in [1.54, 1.807) is 19.1 Å². The van der Waals surface area contributed by atoms with Gasteiger partial charge in [0.05, 0.1) is 12.3 Å². The molecule has 23 heavy (non-hydrogen) atoms. The Morgan fingerprint density at radius 2 is 2.00 bits per heavy atom. The SMILES string of the molecule is CCOC(=O)c1nc(C2CC2)n(C(C)C)c1-c1ccc(F)cc1. The van der Waals surface area contributed by atoms with Crippen LogP contribution in [0.25, 0.3) is 11.3 Å². The topological polar surface area (TPSA) is 44.1 Å². The molecule has 4 nitrogen and oxygen atoms in total. The van der Waals surface area contributed by atoms with Crippen molar-refractivity contribution in [2.45, 2.75) is 45.6 Å². The molecule has 0 aliphatic heterocycles. The van der Waals surface area contributed by atoms with Crippen molar-refractivity contribution in [1.29, 1.82) is 0 Å². The third-order valence-electron chi connectivity index (χ3n) is 3.98. The summed E-state index contributed by atoms with van der Waals surface area (Å²) in [5.41, 5.74) is 1.83. The smallest absolute Gasteiger partial charge is 0.359 e. The van der Waals surface area contributed by atoms with Gasteiger partial charge in [0.2, 0.25) is 0 Å². The number of ether oxygens (including phenoxy) is 1. The van der Waals surface area contributed by atoms with E-state index in [2.05, 4.69) is 23.4 Å². The van der Waals surface area contributed by atoms with Gasteiger partial charge in [0.25, 0.3) is 0 Å². The molecule has 1 aromatic carbocycles. The fraction of sp³-hybridized carbons (Fsp3) is 0.444. The maximum atomic E-state index is 13.3. The molecule has 0 N–H and O–H groups in total. The van der Waals surface area contributed by atoms with Gasteiger partial charge in [-0.3, -0.25) is 0 Å². The first-order chi connectivity index (χ1) is 11.0. The minimum absolute atomic E-state index is 0.154. The summed E-state index contributed by atoms with van der Waals surface area (Å²) in [7, 11) is 0. The van der Waals surface area contributed by atoms with E-state index >= 15 is 0 Å². The second-order valence-corrected chi connectivity index (χ2v) is 6.13. The van der Waals surface area contributed by atoms with E-state index in [1.807, 2.05) is 0 Å². The highest BCUT2D eigenvalue weighted by atomic mass is 19.1.